The minimum absolute atomic E-state index is 0.144. The third kappa shape index (κ3) is 5.74. The summed E-state index contributed by atoms with van der Waals surface area (Å²) in [6.45, 7) is -0.144. The van der Waals surface area contributed by atoms with Crippen molar-refractivity contribution in [2.45, 2.75) is 6.42 Å². The van der Waals surface area contributed by atoms with Crippen LogP contribution in [0.1, 0.15) is 6.42 Å². The van der Waals surface area contributed by atoms with E-state index in [0.29, 0.717) is 5.75 Å². The lowest BCUT2D eigenvalue weighted by atomic mass is 10.3. The molecule has 1 aromatic carbocycles. The highest BCUT2D eigenvalue weighted by atomic mass is 32.2. The number of rotatable bonds is 7. The molecule has 8 heteroatoms. The minimum Gasteiger partial charge on any atom is -0.481 e. The SMILES string of the molecule is N#CCOc1cccc(NS(=O)(=O)CCC(=O)O)c1. The molecule has 0 aliphatic heterocycles. The molecule has 102 valence electrons. The first-order chi connectivity index (χ1) is 8.93. The molecule has 0 aromatic heterocycles. The Balaban J connectivity index is 2.71. The van der Waals surface area contributed by atoms with Crippen molar-refractivity contribution in [1.29, 1.82) is 5.26 Å². The number of nitrogens with zero attached hydrogens (tertiary/aromatic N) is 1. The zero-order valence-electron chi connectivity index (χ0n) is 9.87. The van der Waals surface area contributed by atoms with E-state index in [-0.39, 0.29) is 12.3 Å². The molecule has 0 unspecified atom stereocenters. The van der Waals surface area contributed by atoms with Crippen molar-refractivity contribution in [2.75, 3.05) is 17.1 Å². The zero-order valence-corrected chi connectivity index (χ0v) is 10.7. The molecule has 2 N–H and O–H groups in total. The van der Waals surface area contributed by atoms with Crippen molar-refractivity contribution >= 4 is 21.7 Å². The summed E-state index contributed by atoms with van der Waals surface area (Å²) in [6, 6.07) is 7.83. The summed E-state index contributed by atoms with van der Waals surface area (Å²) in [6.07, 6.45) is -0.472. The quantitative estimate of drug-likeness (QED) is 0.765. The second-order valence-corrected chi connectivity index (χ2v) is 5.38. The van der Waals surface area contributed by atoms with Crippen LogP contribution in [0.3, 0.4) is 0 Å². The summed E-state index contributed by atoms with van der Waals surface area (Å²) >= 11 is 0. The van der Waals surface area contributed by atoms with E-state index in [4.69, 9.17) is 15.1 Å². The topological polar surface area (TPSA) is 116 Å². The Bertz CT molecular complexity index is 591. The molecule has 7 nitrogen and oxygen atoms in total. The molecule has 0 heterocycles. The molecule has 0 atom stereocenters. The number of ether oxygens (including phenoxy) is 1. The highest BCUT2D eigenvalue weighted by Crippen LogP contribution is 2.18. The van der Waals surface area contributed by atoms with Crippen molar-refractivity contribution in [2.24, 2.45) is 0 Å². The number of hydrogen-bond donors (Lipinski definition) is 2. The smallest absolute Gasteiger partial charge is 0.304 e. The fourth-order valence-electron chi connectivity index (χ4n) is 1.22. The Kier molecular flexibility index (Phi) is 5.14. The lowest BCUT2D eigenvalue weighted by molar-refractivity contribution is -0.136. The van der Waals surface area contributed by atoms with Crippen LogP contribution in [0.2, 0.25) is 0 Å². The normalized spacial score (nSPS) is 10.5. The maximum atomic E-state index is 11.6. The van der Waals surface area contributed by atoms with Gasteiger partial charge in [-0.05, 0) is 12.1 Å². The largest absolute Gasteiger partial charge is 0.481 e. The molecule has 1 aromatic rings. The first kappa shape index (κ1) is 14.8. The van der Waals surface area contributed by atoms with Crippen LogP contribution in [0.4, 0.5) is 5.69 Å². The van der Waals surface area contributed by atoms with Crippen LogP contribution < -0.4 is 9.46 Å². The number of carboxylic acids is 1. The third-order valence-electron chi connectivity index (χ3n) is 2.00. The molecule has 0 radical (unpaired) electrons. The van der Waals surface area contributed by atoms with Gasteiger partial charge in [-0.2, -0.15) is 5.26 Å². The van der Waals surface area contributed by atoms with Gasteiger partial charge >= 0.3 is 5.97 Å². The molecule has 0 bridgehead atoms. The molecule has 0 spiro atoms. The van der Waals surface area contributed by atoms with Crippen molar-refractivity contribution in [1.82, 2.24) is 0 Å². The zero-order chi connectivity index (χ0) is 14.3. The van der Waals surface area contributed by atoms with Gasteiger partial charge in [0.05, 0.1) is 17.9 Å². The monoisotopic (exact) mass is 284 g/mol. The number of hydrogen-bond acceptors (Lipinski definition) is 5. The van der Waals surface area contributed by atoms with Gasteiger partial charge < -0.3 is 9.84 Å². The van der Waals surface area contributed by atoms with Gasteiger partial charge in [-0.25, -0.2) is 8.42 Å². The van der Waals surface area contributed by atoms with E-state index in [1.54, 1.807) is 18.2 Å². The summed E-state index contributed by atoms with van der Waals surface area (Å²) in [7, 11) is -3.72. The number of sulfonamides is 1. The Morgan fingerprint density at radius 3 is 2.84 bits per heavy atom. The molecule has 0 fully saturated rings. The van der Waals surface area contributed by atoms with Crippen LogP contribution >= 0.6 is 0 Å². The number of carbonyl (C=O) groups is 1. The van der Waals surface area contributed by atoms with Crippen molar-refractivity contribution in [3.05, 3.63) is 24.3 Å². The highest BCUT2D eigenvalue weighted by molar-refractivity contribution is 7.92. The number of aliphatic carboxylic acids is 1. The van der Waals surface area contributed by atoms with Gasteiger partial charge in [0.15, 0.2) is 6.61 Å². The van der Waals surface area contributed by atoms with Crippen LogP contribution in [0.5, 0.6) is 5.75 Å². The molecular weight excluding hydrogens is 272 g/mol. The lowest BCUT2D eigenvalue weighted by Crippen LogP contribution is -2.18. The molecule has 0 saturated heterocycles. The molecule has 1 rings (SSSR count). The van der Waals surface area contributed by atoms with Crippen LogP contribution in [0, 0.1) is 11.3 Å². The predicted molar refractivity (Wildman–Crippen MR) is 67.2 cm³/mol. The first-order valence-electron chi connectivity index (χ1n) is 5.25. The molecule has 0 aliphatic rings. The van der Waals surface area contributed by atoms with E-state index in [1.807, 2.05) is 0 Å². The van der Waals surface area contributed by atoms with Crippen LogP contribution in [-0.2, 0) is 14.8 Å². The Morgan fingerprint density at radius 1 is 1.47 bits per heavy atom. The first-order valence-corrected chi connectivity index (χ1v) is 6.90. The van der Waals surface area contributed by atoms with E-state index in [9.17, 15) is 13.2 Å². The summed E-state index contributed by atoms with van der Waals surface area (Å²) in [5.74, 6) is -1.34. The third-order valence-corrected chi connectivity index (χ3v) is 3.28. The summed E-state index contributed by atoms with van der Waals surface area (Å²) in [4.78, 5) is 10.3. The van der Waals surface area contributed by atoms with Gasteiger partial charge in [0, 0.05) is 6.07 Å². The standard InChI is InChI=1S/C11H12N2O5S/c12-5-6-18-10-3-1-2-9(8-10)13-19(16,17)7-4-11(14)15/h1-3,8,13H,4,6-7H2,(H,14,15). The number of carboxylic acid groups (broad SMARTS) is 1. The van der Waals surface area contributed by atoms with Gasteiger partial charge in [0.2, 0.25) is 10.0 Å². The summed E-state index contributed by atoms with van der Waals surface area (Å²) in [5.41, 5.74) is 0.251. The maximum Gasteiger partial charge on any atom is 0.304 e. The number of benzene rings is 1. The van der Waals surface area contributed by atoms with Crippen LogP contribution in [0.25, 0.3) is 0 Å². The fourth-order valence-corrected chi connectivity index (χ4v) is 2.25. The van der Waals surface area contributed by atoms with Crippen LogP contribution in [-0.4, -0.2) is 31.9 Å². The van der Waals surface area contributed by atoms with Crippen molar-refractivity contribution < 1.29 is 23.1 Å². The Hall–Kier alpha value is -2.27. The molecule has 19 heavy (non-hydrogen) atoms. The molecule has 0 aliphatic carbocycles. The molecule has 0 amide bonds. The average molecular weight is 284 g/mol. The van der Waals surface area contributed by atoms with Crippen molar-refractivity contribution in [3.8, 4) is 11.8 Å². The second kappa shape index (κ2) is 6.61. The highest BCUT2D eigenvalue weighted by Gasteiger charge is 2.13. The van der Waals surface area contributed by atoms with Crippen LogP contribution in [0.15, 0.2) is 24.3 Å². The Labute approximate surface area is 110 Å². The van der Waals surface area contributed by atoms with Gasteiger partial charge in [0.25, 0.3) is 0 Å². The predicted octanol–water partition coefficient (Wildman–Crippen LogP) is 0.805. The van der Waals surface area contributed by atoms with E-state index >= 15 is 0 Å². The minimum atomic E-state index is -3.72. The second-order valence-electron chi connectivity index (χ2n) is 3.54. The number of nitrogens with one attached hydrogen (secondary N) is 1. The summed E-state index contributed by atoms with van der Waals surface area (Å²) < 4.78 is 30.4. The maximum absolute atomic E-state index is 11.6. The number of anilines is 1. The van der Waals surface area contributed by atoms with E-state index in [0.717, 1.165) is 0 Å². The van der Waals surface area contributed by atoms with Gasteiger partial charge in [-0.15, -0.1) is 0 Å². The van der Waals surface area contributed by atoms with E-state index in [1.165, 1.54) is 12.1 Å². The Morgan fingerprint density at radius 2 is 2.21 bits per heavy atom. The van der Waals surface area contributed by atoms with Gasteiger partial charge in [0.1, 0.15) is 11.8 Å². The molecular formula is C11H12N2O5S. The van der Waals surface area contributed by atoms with E-state index < -0.39 is 28.2 Å². The lowest BCUT2D eigenvalue weighted by Gasteiger charge is -2.08. The average Bonchev–Trinajstić information content (AvgIpc) is 2.34. The molecule has 0 saturated carbocycles. The fraction of sp³-hybridized carbons (Fsp3) is 0.273. The number of nitriles is 1. The summed E-state index contributed by atoms with van der Waals surface area (Å²) in [5, 5.41) is 16.8. The van der Waals surface area contributed by atoms with Crippen molar-refractivity contribution in [3.63, 3.8) is 0 Å². The van der Waals surface area contributed by atoms with Gasteiger partial charge in [-0.1, -0.05) is 6.07 Å². The van der Waals surface area contributed by atoms with E-state index in [2.05, 4.69) is 4.72 Å². The van der Waals surface area contributed by atoms with Gasteiger partial charge in [-0.3, -0.25) is 9.52 Å².